The van der Waals surface area contributed by atoms with Crippen LogP contribution in [0.3, 0.4) is 0 Å². The molecule has 1 fully saturated rings. The van der Waals surface area contributed by atoms with Crippen molar-refractivity contribution in [3.8, 4) is 5.75 Å². The highest BCUT2D eigenvalue weighted by molar-refractivity contribution is 6.30. The molecule has 1 aromatic carbocycles. The van der Waals surface area contributed by atoms with Gasteiger partial charge in [0, 0.05) is 11.1 Å². The maximum Gasteiger partial charge on any atom is 0.119 e. The first-order valence-electron chi connectivity index (χ1n) is 5.42. The van der Waals surface area contributed by atoms with Crippen LogP contribution in [0, 0.1) is 0 Å². The Morgan fingerprint density at radius 1 is 1.06 bits per heavy atom. The standard InChI is InChI=1S/C12H16ClNO.ClH/c13-9-1-5-11(6-2-9)15-12-7-3-10(14)4-8-12;/h1-2,5-6,10,12H,3-4,7-8,14H2;1H. The maximum atomic E-state index is 5.84. The quantitative estimate of drug-likeness (QED) is 0.886. The maximum absolute atomic E-state index is 5.84. The predicted molar refractivity (Wildman–Crippen MR) is 69.6 cm³/mol. The van der Waals surface area contributed by atoms with E-state index in [1.165, 1.54) is 0 Å². The molecular formula is C12H17Cl2NO. The van der Waals surface area contributed by atoms with E-state index in [4.69, 9.17) is 22.1 Å². The first-order valence-corrected chi connectivity index (χ1v) is 5.79. The summed E-state index contributed by atoms with van der Waals surface area (Å²) in [6.45, 7) is 0. The third-order valence-electron chi connectivity index (χ3n) is 2.84. The number of rotatable bonds is 2. The minimum Gasteiger partial charge on any atom is -0.490 e. The van der Waals surface area contributed by atoms with Crippen LogP contribution >= 0.6 is 24.0 Å². The SMILES string of the molecule is Cl.NC1CCC(Oc2ccc(Cl)cc2)CC1. The highest BCUT2D eigenvalue weighted by Gasteiger charge is 2.19. The lowest BCUT2D eigenvalue weighted by Gasteiger charge is -2.26. The molecule has 90 valence electrons. The number of benzene rings is 1. The Bertz CT molecular complexity index is 307. The zero-order valence-electron chi connectivity index (χ0n) is 9.06. The second kappa shape index (κ2) is 6.33. The van der Waals surface area contributed by atoms with Crippen LogP contribution in [0.25, 0.3) is 0 Å². The Morgan fingerprint density at radius 2 is 1.62 bits per heavy atom. The van der Waals surface area contributed by atoms with Crippen molar-refractivity contribution < 1.29 is 4.74 Å². The summed E-state index contributed by atoms with van der Waals surface area (Å²) in [5.74, 6) is 0.903. The summed E-state index contributed by atoms with van der Waals surface area (Å²) in [5.41, 5.74) is 5.84. The van der Waals surface area contributed by atoms with Crippen molar-refractivity contribution in [1.82, 2.24) is 0 Å². The largest absolute Gasteiger partial charge is 0.490 e. The van der Waals surface area contributed by atoms with E-state index in [-0.39, 0.29) is 12.4 Å². The molecule has 0 spiro atoms. The van der Waals surface area contributed by atoms with Crippen molar-refractivity contribution >= 4 is 24.0 Å². The van der Waals surface area contributed by atoms with E-state index in [2.05, 4.69) is 0 Å². The van der Waals surface area contributed by atoms with Gasteiger partial charge in [0.2, 0.25) is 0 Å². The first kappa shape index (κ1) is 13.6. The van der Waals surface area contributed by atoms with Gasteiger partial charge in [0.25, 0.3) is 0 Å². The molecule has 1 aliphatic carbocycles. The van der Waals surface area contributed by atoms with Gasteiger partial charge in [-0.1, -0.05) is 11.6 Å². The zero-order valence-corrected chi connectivity index (χ0v) is 10.6. The molecule has 1 saturated carbocycles. The Balaban J connectivity index is 0.00000128. The Hall–Kier alpha value is -0.440. The fourth-order valence-corrected chi connectivity index (χ4v) is 2.04. The molecule has 4 heteroatoms. The fourth-order valence-electron chi connectivity index (χ4n) is 1.91. The van der Waals surface area contributed by atoms with Gasteiger partial charge in [0.05, 0.1) is 6.10 Å². The Kier molecular flexibility index (Phi) is 5.39. The van der Waals surface area contributed by atoms with Crippen LogP contribution in [0.15, 0.2) is 24.3 Å². The van der Waals surface area contributed by atoms with Gasteiger partial charge in [-0.15, -0.1) is 12.4 Å². The minimum absolute atomic E-state index is 0. The zero-order chi connectivity index (χ0) is 10.7. The van der Waals surface area contributed by atoms with E-state index in [0.29, 0.717) is 12.1 Å². The number of halogens is 2. The molecule has 0 radical (unpaired) electrons. The van der Waals surface area contributed by atoms with Crippen LogP contribution in [0.1, 0.15) is 25.7 Å². The number of hydrogen-bond donors (Lipinski definition) is 1. The van der Waals surface area contributed by atoms with Crippen molar-refractivity contribution in [2.24, 2.45) is 5.73 Å². The normalized spacial score (nSPS) is 24.6. The van der Waals surface area contributed by atoms with E-state index in [9.17, 15) is 0 Å². The molecule has 0 amide bonds. The van der Waals surface area contributed by atoms with Crippen molar-refractivity contribution in [3.05, 3.63) is 29.3 Å². The van der Waals surface area contributed by atoms with E-state index in [0.717, 1.165) is 36.5 Å². The molecule has 0 heterocycles. The van der Waals surface area contributed by atoms with Crippen molar-refractivity contribution in [1.29, 1.82) is 0 Å². The van der Waals surface area contributed by atoms with Gasteiger partial charge in [-0.05, 0) is 49.9 Å². The minimum atomic E-state index is 0. The molecule has 2 rings (SSSR count). The van der Waals surface area contributed by atoms with Gasteiger partial charge in [-0.2, -0.15) is 0 Å². The van der Waals surface area contributed by atoms with Gasteiger partial charge in [0.15, 0.2) is 0 Å². The third-order valence-corrected chi connectivity index (χ3v) is 3.09. The Morgan fingerprint density at radius 3 is 2.19 bits per heavy atom. The van der Waals surface area contributed by atoms with Crippen molar-refractivity contribution in [2.75, 3.05) is 0 Å². The highest BCUT2D eigenvalue weighted by Crippen LogP contribution is 2.23. The lowest BCUT2D eigenvalue weighted by atomic mass is 9.94. The lowest BCUT2D eigenvalue weighted by molar-refractivity contribution is 0.147. The summed E-state index contributed by atoms with van der Waals surface area (Å²) in [5, 5.41) is 0.744. The van der Waals surface area contributed by atoms with Gasteiger partial charge in [-0.25, -0.2) is 0 Å². The highest BCUT2D eigenvalue weighted by atomic mass is 35.5. The van der Waals surface area contributed by atoms with Crippen LogP contribution in [0.4, 0.5) is 0 Å². The molecule has 1 aromatic rings. The second-order valence-electron chi connectivity index (χ2n) is 4.11. The Labute approximate surface area is 108 Å². The average molecular weight is 262 g/mol. The summed E-state index contributed by atoms with van der Waals surface area (Å²) in [6, 6.07) is 7.90. The molecule has 0 aromatic heterocycles. The molecule has 16 heavy (non-hydrogen) atoms. The summed E-state index contributed by atoms with van der Waals surface area (Å²) in [6.07, 6.45) is 4.58. The van der Waals surface area contributed by atoms with Crippen molar-refractivity contribution in [3.63, 3.8) is 0 Å². The molecule has 0 unspecified atom stereocenters. The third kappa shape index (κ3) is 3.85. The van der Waals surface area contributed by atoms with E-state index >= 15 is 0 Å². The number of ether oxygens (including phenoxy) is 1. The molecule has 0 bridgehead atoms. The monoisotopic (exact) mass is 261 g/mol. The molecule has 0 aliphatic heterocycles. The van der Waals surface area contributed by atoms with E-state index in [1.54, 1.807) is 0 Å². The molecule has 0 atom stereocenters. The van der Waals surface area contributed by atoms with Gasteiger partial charge in [-0.3, -0.25) is 0 Å². The van der Waals surface area contributed by atoms with Crippen molar-refractivity contribution in [2.45, 2.75) is 37.8 Å². The predicted octanol–water partition coefficient (Wildman–Crippen LogP) is 3.41. The number of nitrogens with two attached hydrogens (primary N) is 1. The average Bonchev–Trinajstić information content (AvgIpc) is 2.25. The van der Waals surface area contributed by atoms with Gasteiger partial charge >= 0.3 is 0 Å². The smallest absolute Gasteiger partial charge is 0.119 e. The molecular weight excluding hydrogens is 245 g/mol. The van der Waals surface area contributed by atoms with E-state index < -0.39 is 0 Å². The fraction of sp³-hybridized carbons (Fsp3) is 0.500. The summed E-state index contributed by atoms with van der Waals surface area (Å²) >= 11 is 5.80. The second-order valence-corrected chi connectivity index (χ2v) is 4.54. The molecule has 2 N–H and O–H groups in total. The first-order chi connectivity index (χ1) is 7.24. The van der Waals surface area contributed by atoms with Gasteiger partial charge < -0.3 is 10.5 Å². The number of hydrogen-bond acceptors (Lipinski definition) is 2. The molecule has 0 saturated heterocycles. The van der Waals surface area contributed by atoms with Crippen LogP contribution in [0.5, 0.6) is 5.75 Å². The van der Waals surface area contributed by atoms with Gasteiger partial charge in [0.1, 0.15) is 5.75 Å². The molecule has 2 nitrogen and oxygen atoms in total. The van der Waals surface area contributed by atoms with E-state index in [1.807, 2.05) is 24.3 Å². The van der Waals surface area contributed by atoms with Crippen LogP contribution in [-0.2, 0) is 0 Å². The van der Waals surface area contributed by atoms with Crippen LogP contribution < -0.4 is 10.5 Å². The summed E-state index contributed by atoms with van der Waals surface area (Å²) in [4.78, 5) is 0. The van der Waals surface area contributed by atoms with Crippen LogP contribution in [-0.4, -0.2) is 12.1 Å². The summed E-state index contributed by atoms with van der Waals surface area (Å²) in [7, 11) is 0. The molecule has 1 aliphatic rings. The topological polar surface area (TPSA) is 35.2 Å². The summed E-state index contributed by atoms with van der Waals surface area (Å²) < 4.78 is 5.84. The lowest BCUT2D eigenvalue weighted by Crippen LogP contribution is -2.31. The van der Waals surface area contributed by atoms with Crippen LogP contribution in [0.2, 0.25) is 5.02 Å².